The molecule has 0 aliphatic carbocycles. The average molecular weight is 400 g/mol. The molecule has 6 nitrogen and oxygen atoms in total. The highest BCUT2D eigenvalue weighted by Crippen LogP contribution is 2.17. The number of piperazine rings is 1. The highest BCUT2D eigenvalue weighted by molar-refractivity contribution is 5.80. The van der Waals surface area contributed by atoms with Crippen LogP contribution < -0.4 is 15.0 Å². The summed E-state index contributed by atoms with van der Waals surface area (Å²) in [5.41, 5.74) is 2.22. The molecule has 0 radical (unpaired) electrons. The van der Waals surface area contributed by atoms with Gasteiger partial charge in [0.25, 0.3) is 0 Å². The van der Waals surface area contributed by atoms with E-state index in [1.807, 2.05) is 24.3 Å². The molecule has 2 aromatic rings. The Bertz CT molecular complexity index is 772. The first-order chi connectivity index (χ1) is 14.2. The molecule has 29 heavy (non-hydrogen) atoms. The third kappa shape index (κ3) is 6.09. The van der Waals surface area contributed by atoms with E-state index in [4.69, 9.17) is 9.47 Å². The van der Waals surface area contributed by atoms with Crippen LogP contribution in [-0.2, 0) is 11.3 Å². The lowest BCUT2D eigenvalue weighted by Gasteiger charge is -2.37. The second kappa shape index (κ2) is 10.7. The van der Waals surface area contributed by atoms with Crippen LogP contribution in [0.1, 0.15) is 5.56 Å². The van der Waals surface area contributed by atoms with E-state index in [1.54, 1.807) is 14.2 Å². The third-order valence-electron chi connectivity index (χ3n) is 4.91. The molecule has 1 saturated heterocycles. The summed E-state index contributed by atoms with van der Waals surface area (Å²) in [5, 5.41) is 3.44. The number of hydrogen-bond acceptors (Lipinski definition) is 4. The summed E-state index contributed by atoms with van der Waals surface area (Å²) in [4.78, 5) is 8.95. The minimum Gasteiger partial charge on any atom is -0.491 e. The molecule has 0 aromatic heterocycles. The summed E-state index contributed by atoms with van der Waals surface area (Å²) in [6, 6.07) is 14.7. The molecular formula is C22H29FN4O2. The van der Waals surface area contributed by atoms with Gasteiger partial charge in [0.2, 0.25) is 0 Å². The lowest BCUT2D eigenvalue weighted by molar-refractivity contribution is 0.146. The van der Waals surface area contributed by atoms with Crippen LogP contribution in [0.4, 0.5) is 10.1 Å². The van der Waals surface area contributed by atoms with Crippen molar-refractivity contribution in [3.63, 3.8) is 0 Å². The second-order valence-electron chi connectivity index (χ2n) is 6.84. The standard InChI is InChI=1S/C22H29FN4O2/c1-24-22(25-17-18-3-9-21(10-4-18)29-16-15-28-2)27-13-11-26(12-14-27)20-7-5-19(23)6-8-20/h3-10H,11-17H2,1-2H3,(H,24,25). The van der Waals surface area contributed by atoms with Gasteiger partial charge in [-0.15, -0.1) is 0 Å². The molecule has 2 aromatic carbocycles. The number of methoxy groups -OCH3 is 1. The van der Waals surface area contributed by atoms with Gasteiger partial charge in [-0.1, -0.05) is 12.1 Å². The zero-order chi connectivity index (χ0) is 20.5. The van der Waals surface area contributed by atoms with E-state index in [9.17, 15) is 4.39 Å². The molecule has 1 heterocycles. The third-order valence-corrected chi connectivity index (χ3v) is 4.91. The molecule has 1 fully saturated rings. The van der Waals surface area contributed by atoms with Gasteiger partial charge >= 0.3 is 0 Å². The number of nitrogens with zero attached hydrogens (tertiary/aromatic N) is 3. The smallest absolute Gasteiger partial charge is 0.194 e. The number of benzene rings is 2. The Hall–Kier alpha value is -2.80. The van der Waals surface area contributed by atoms with Crippen molar-refractivity contribution < 1.29 is 13.9 Å². The van der Waals surface area contributed by atoms with Gasteiger partial charge in [-0.3, -0.25) is 4.99 Å². The van der Waals surface area contributed by atoms with Gasteiger partial charge < -0.3 is 24.6 Å². The topological polar surface area (TPSA) is 49.3 Å². The Labute approximate surface area is 171 Å². The zero-order valence-electron chi connectivity index (χ0n) is 17.1. The van der Waals surface area contributed by atoms with Crippen molar-refractivity contribution in [2.45, 2.75) is 6.54 Å². The Morgan fingerprint density at radius 1 is 1.00 bits per heavy atom. The molecule has 1 aliphatic rings. The maximum atomic E-state index is 13.1. The summed E-state index contributed by atoms with van der Waals surface area (Å²) in [6.45, 7) is 5.30. The molecule has 156 valence electrons. The van der Waals surface area contributed by atoms with Crippen LogP contribution in [0.3, 0.4) is 0 Å². The zero-order valence-corrected chi connectivity index (χ0v) is 17.1. The first kappa shape index (κ1) is 20.9. The van der Waals surface area contributed by atoms with Gasteiger partial charge in [0.15, 0.2) is 5.96 Å². The van der Waals surface area contributed by atoms with Crippen molar-refractivity contribution in [2.75, 3.05) is 58.5 Å². The minimum absolute atomic E-state index is 0.202. The number of rotatable bonds is 7. The Kier molecular flexibility index (Phi) is 7.69. The molecular weight excluding hydrogens is 371 g/mol. The predicted octanol–water partition coefficient (Wildman–Crippen LogP) is 2.75. The van der Waals surface area contributed by atoms with Crippen molar-refractivity contribution in [1.29, 1.82) is 0 Å². The van der Waals surface area contributed by atoms with Crippen LogP contribution in [-0.4, -0.2) is 64.4 Å². The lowest BCUT2D eigenvalue weighted by Crippen LogP contribution is -2.52. The number of guanidine groups is 1. The molecule has 7 heteroatoms. The number of nitrogens with one attached hydrogen (secondary N) is 1. The maximum absolute atomic E-state index is 13.1. The van der Waals surface area contributed by atoms with Crippen molar-refractivity contribution >= 4 is 11.6 Å². The van der Waals surface area contributed by atoms with Crippen LogP contribution >= 0.6 is 0 Å². The summed E-state index contributed by atoms with van der Waals surface area (Å²) in [5.74, 6) is 1.53. The van der Waals surface area contributed by atoms with E-state index in [0.717, 1.165) is 49.1 Å². The van der Waals surface area contributed by atoms with E-state index >= 15 is 0 Å². The monoisotopic (exact) mass is 400 g/mol. The van der Waals surface area contributed by atoms with Gasteiger partial charge in [-0.2, -0.15) is 0 Å². The SMILES string of the molecule is CN=C(NCc1ccc(OCCOC)cc1)N1CCN(c2ccc(F)cc2)CC1. The first-order valence-electron chi connectivity index (χ1n) is 9.86. The number of halogens is 1. The molecule has 0 spiro atoms. The highest BCUT2D eigenvalue weighted by Gasteiger charge is 2.19. The Morgan fingerprint density at radius 2 is 1.69 bits per heavy atom. The minimum atomic E-state index is -0.202. The van der Waals surface area contributed by atoms with E-state index in [-0.39, 0.29) is 5.82 Å². The second-order valence-corrected chi connectivity index (χ2v) is 6.84. The van der Waals surface area contributed by atoms with Crippen LogP contribution in [0, 0.1) is 5.82 Å². The number of hydrogen-bond donors (Lipinski definition) is 1. The summed E-state index contributed by atoms with van der Waals surface area (Å²) < 4.78 is 23.7. The number of ether oxygens (including phenoxy) is 2. The molecule has 0 bridgehead atoms. The van der Waals surface area contributed by atoms with E-state index < -0.39 is 0 Å². The van der Waals surface area contributed by atoms with Crippen molar-refractivity contribution in [2.24, 2.45) is 4.99 Å². The number of aliphatic imine (C=N–C) groups is 1. The van der Waals surface area contributed by atoms with E-state index in [0.29, 0.717) is 19.8 Å². The molecule has 0 amide bonds. The molecule has 0 saturated carbocycles. The van der Waals surface area contributed by atoms with Crippen LogP contribution in [0.25, 0.3) is 0 Å². The van der Waals surface area contributed by atoms with Crippen LogP contribution in [0.2, 0.25) is 0 Å². The fourth-order valence-corrected chi connectivity index (χ4v) is 3.29. The summed E-state index contributed by atoms with van der Waals surface area (Å²) in [6.07, 6.45) is 0. The van der Waals surface area contributed by atoms with Crippen LogP contribution in [0.5, 0.6) is 5.75 Å². The quantitative estimate of drug-likeness (QED) is 0.440. The van der Waals surface area contributed by atoms with Gasteiger partial charge in [0.05, 0.1) is 6.61 Å². The van der Waals surface area contributed by atoms with E-state index in [1.165, 1.54) is 12.1 Å². The molecule has 0 unspecified atom stereocenters. The van der Waals surface area contributed by atoms with Gasteiger partial charge in [0, 0.05) is 52.6 Å². The van der Waals surface area contributed by atoms with Crippen LogP contribution in [0.15, 0.2) is 53.5 Å². The number of anilines is 1. The largest absolute Gasteiger partial charge is 0.491 e. The average Bonchev–Trinajstić information content (AvgIpc) is 2.76. The van der Waals surface area contributed by atoms with Crippen molar-refractivity contribution in [3.05, 3.63) is 59.9 Å². The maximum Gasteiger partial charge on any atom is 0.194 e. The first-order valence-corrected chi connectivity index (χ1v) is 9.86. The van der Waals surface area contributed by atoms with Gasteiger partial charge in [0.1, 0.15) is 18.2 Å². The fourth-order valence-electron chi connectivity index (χ4n) is 3.29. The van der Waals surface area contributed by atoms with Gasteiger partial charge in [-0.05, 0) is 42.0 Å². The highest BCUT2D eigenvalue weighted by atomic mass is 19.1. The Morgan fingerprint density at radius 3 is 2.31 bits per heavy atom. The normalized spacial score (nSPS) is 14.8. The summed E-state index contributed by atoms with van der Waals surface area (Å²) in [7, 11) is 3.47. The lowest BCUT2D eigenvalue weighted by atomic mass is 10.2. The molecule has 1 N–H and O–H groups in total. The molecule has 3 rings (SSSR count). The van der Waals surface area contributed by atoms with Crippen molar-refractivity contribution in [3.8, 4) is 5.75 Å². The van der Waals surface area contributed by atoms with Gasteiger partial charge in [-0.25, -0.2) is 4.39 Å². The predicted molar refractivity (Wildman–Crippen MR) is 114 cm³/mol. The fraction of sp³-hybridized carbons (Fsp3) is 0.409. The Balaban J connectivity index is 1.46. The van der Waals surface area contributed by atoms with E-state index in [2.05, 4.69) is 32.2 Å². The summed E-state index contributed by atoms with van der Waals surface area (Å²) >= 11 is 0. The molecule has 0 atom stereocenters. The van der Waals surface area contributed by atoms with Crippen molar-refractivity contribution in [1.82, 2.24) is 10.2 Å². The molecule has 1 aliphatic heterocycles.